The molecule has 0 aliphatic heterocycles. The van der Waals surface area contributed by atoms with Crippen molar-refractivity contribution in [3.8, 4) is 0 Å². The molecule has 98 valence electrons. The minimum atomic E-state index is 0.253. The molecule has 19 heavy (non-hydrogen) atoms. The fourth-order valence-electron chi connectivity index (χ4n) is 1.91. The number of halogens is 1. The van der Waals surface area contributed by atoms with Gasteiger partial charge in [0.2, 0.25) is 0 Å². The minimum absolute atomic E-state index is 0.253. The molecule has 0 bridgehead atoms. The number of nitrogens with two attached hydrogens (primary N) is 1. The molecule has 0 atom stereocenters. The van der Waals surface area contributed by atoms with Gasteiger partial charge in [-0.1, -0.05) is 46.3 Å². The standard InChI is InChI=1S/C16H16BrNO/c17-16-4-2-1-3-13(16)11-15(19)10-7-12-5-8-14(18)9-6-12/h1-6,8-9H,7,10-11,18H2. The van der Waals surface area contributed by atoms with E-state index in [1.807, 2.05) is 48.5 Å². The van der Waals surface area contributed by atoms with Crippen LogP contribution in [-0.4, -0.2) is 5.78 Å². The summed E-state index contributed by atoms with van der Waals surface area (Å²) in [6.07, 6.45) is 1.81. The van der Waals surface area contributed by atoms with Gasteiger partial charge in [-0.25, -0.2) is 0 Å². The van der Waals surface area contributed by atoms with Crippen LogP contribution in [0.3, 0.4) is 0 Å². The second-order valence-corrected chi connectivity index (χ2v) is 5.40. The highest BCUT2D eigenvalue weighted by Gasteiger charge is 2.06. The lowest BCUT2D eigenvalue weighted by Gasteiger charge is -2.04. The molecule has 2 nitrogen and oxygen atoms in total. The smallest absolute Gasteiger partial charge is 0.137 e. The first kappa shape index (κ1) is 13.8. The molecule has 2 rings (SSSR count). The van der Waals surface area contributed by atoms with Gasteiger partial charge in [0.15, 0.2) is 0 Å². The Morgan fingerprint density at radius 3 is 2.42 bits per heavy atom. The van der Waals surface area contributed by atoms with E-state index in [1.165, 1.54) is 0 Å². The second kappa shape index (κ2) is 6.53. The highest BCUT2D eigenvalue weighted by molar-refractivity contribution is 9.10. The Morgan fingerprint density at radius 1 is 1.05 bits per heavy atom. The van der Waals surface area contributed by atoms with Crippen LogP contribution in [0.5, 0.6) is 0 Å². The van der Waals surface area contributed by atoms with Gasteiger partial charge in [-0.05, 0) is 35.7 Å². The van der Waals surface area contributed by atoms with E-state index in [9.17, 15) is 4.79 Å². The molecule has 2 aromatic carbocycles. The molecule has 0 amide bonds. The minimum Gasteiger partial charge on any atom is -0.399 e. The molecule has 0 spiro atoms. The zero-order valence-corrected chi connectivity index (χ0v) is 12.2. The molecule has 0 saturated heterocycles. The zero-order valence-electron chi connectivity index (χ0n) is 10.6. The second-order valence-electron chi connectivity index (χ2n) is 4.55. The first-order chi connectivity index (χ1) is 9.15. The Hall–Kier alpha value is -1.61. The van der Waals surface area contributed by atoms with E-state index >= 15 is 0 Å². The average Bonchev–Trinajstić information content (AvgIpc) is 2.41. The lowest BCUT2D eigenvalue weighted by Crippen LogP contribution is -2.05. The molecule has 0 aliphatic rings. The summed E-state index contributed by atoms with van der Waals surface area (Å²) >= 11 is 3.46. The van der Waals surface area contributed by atoms with Crippen molar-refractivity contribution in [2.75, 3.05) is 5.73 Å². The third-order valence-electron chi connectivity index (χ3n) is 3.02. The fraction of sp³-hybridized carbons (Fsp3) is 0.188. The van der Waals surface area contributed by atoms with Crippen LogP contribution in [0.15, 0.2) is 53.0 Å². The number of anilines is 1. The number of nitrogen functional groups attached to an aromatic ring is 1. The van der Waals surface area contributed by atoms with Gasteiger partial charge in [0, 0.05) is 23.0 Å². The van der Waals surface area contributed by atoms with Crippen molar-refractivity contribution < 1.29 is 4.79 Å². The summed E-state index contributed by atoms with van der Waals surface area (Å²) in [5.41, 5.74) is 8.58. The summed E-state index contributed by atoms with van der Waals surface area (Å²) in [6, 6.07) is 15.5. The van der Waals surface area contributed by atoms with Crippen LogP contribution in [0.25, 0.3) is 0 Å². The molecule has 0 saturated carbocycles. The number of Topliss-reactive ketones (excluding diaryl/α,β-unsaturated/α-hetero) is 1. The first-order valence-electron chi connectivity index (χ1n) is 6.24. The Balaban J connectivity index is 1.88. The summed E-state index contributed by atoms with van der Waals surface area (Å²) in [6.45, 7) is 0. The van der Waals surface area contributed by atoms with Gasteiger partial charge in [-0.15, -0.1) is 0 Å². The van der Waals surface area contributed by atoms with Crippen LogP contribution in [0.4, 0.5) is 5.69 Å². The molecule has 3 heteroatoms. The number of hydrogen-bond donors (Lipinski definition) is 1. The van der Waals surface area contributed by atoms with Crippen molar-refractivity contribution >= 4 is 27.4 Å². The number of carbonyl (C=O) groups is 1. The van der Waals surface area contributed by atoms with Crippen molar-refractivity contribution in [1.29, 1.82) is 0 Å². The average molecular weight is 318 g/mol. The molecule has 0 unspecified atom stereocenters. The monoisotopic (exact) mass is 317 g/mol. The van der Waals surface area contributed by atoms with Gasteiger partial charge in [0.1, 0.15) is 5.78 Å². The van der Waals surface area contributed by atoms with Crippen LogP contribution in [0, 0.1) is 0 Å². The molecular formula is C16H16BrNO. The number of carbonyl (C=O) groups excluding carboxylic acids is 1. The van der Waals surface area contributed by atoms with Crippen molar-refractivity contribution in [1.82, 2.24) is 0 Å². The topological polar surface area (TPSA) is 43.1 Å². The van der Waals surface area contributed by atoms with Gasteiger partial charge in [0.25, 0.3) is 0 Å². The largest absolute Gasteiger partial charge is 0.399 e. The molecule has 2 aromatic rings. The SMILES string of the molecule is Nc1ccc(CCC(=O)Cc2ccccc2Br)cc1. The fourth-order valence-corrected chi connectivity index (χ4v) is 2.34. The van der Waals surface area contributed by atoms with Crippen molar-refractivity contribution in [3.63, 3.8) is 0 Å². The van der Waals surface area contributed by atoms with Gasteiger partial charge in [0.05, 0.1) is 0 Å². The maximum Gasteiger partial charge on any atom is 0.137 e. The highest BCUT2D eigenvalue weighted by atomic mass is 79.9. The van der Waals surface area contributed by atoms with E-state index in [-0.39, 0.29) is 5.78 Å². The van der Waals surface area contributed by atoms with Crippen LogP contribution >= 0.6 is 15.9 Å². The summed E-state index contributed by atoms with van der Waals surface area (Å²) in [4.78, 5) is 12.0. The summed E-state index contributed by atoms with van der Waals surface area (Å²) in [7, 11) is 0. The van der Waals surface area contributed by atoms with Gasteiger partial charge in [-0.2, -0.15) is 0 Å². The van der Waals surface area contributed by atoms with E-state index in [0.29, 0.717) is 12.8 Å². The number of benzene rings is 2. The zero-order chi connectivity index (χ0) is 13.7. The van der Waals surface area contributed by atoms with Crippen molar-refractivity contribution in [2.24, 2.45) is 0 Å². The molecule has 0 radical (unpaired) electrons. The molecular weight excluding hydrogens is 302 g/mol. The molecule has 0 heterocycles. The summed E-state index contributed by atoms with van der Waals surface area (Å²) in [5.74, 6) is 0.253. The van der Waals surface area contributed by atoms with Crippen molar-refractivity contribution in [2.45, 2.75) is 19.3 Å². The highest BCUT2D eigenvalue weighted by Crippen LogP contribution is 2.17. The summed E-state index contributed by atoms with van der Waals surface area (Å²) in [5, 5.41) is 0. The van der Waals surface area contributed by atoms with Gasteiger partial charge >= 0.3 is 0 Å². The van der Waals surface area contributed by atoms with Crippen LogP contribution in [-0.2, 0) is 17.6 Å². The maximum absolute atomic E-state index is 12.0. The molecule has 2 N–H and O–H groups in total. The van der Waals surface area contributed by atoms with E-state index in [0.717, 1.165) is 27.7 Å². The molecule has 0 fully saturated rings. The Labute approximate surface area is 121 Å². The van der Waals surface area contributed by atoms with E-state index in [1.54, 1.807) is 0 Å². The first-order valence-corrected chi connectivity index (χ1v) is 7.04. The maximum atomic E-state index is 12.0. The quantitative estimate of drug-likeness (QED) is 0.853. The Morgan fingerprint density at radius 2 is 1.74 bits per heavy atom. The third kappa shape index (κ3) is 4.21. The van der Waals surface area contributed by atoms with Gasteiger partial charge in [-0.3, -0.25) is 4.79 Å². The lowest BCUT2D eigenvalue weighted by molar-refractivity contribution is -0.118. The van der Waals surface area contributed by atoms with Crippen LogP contribution in [0.1, 0.15) is 17.5 Å². The molecule has 0 aliphatic carbocycles. The van der Waals surface area contributed by atoms with Gasteiger partial charge < -0.3 is 5.73 Å². The third-order valence-corrected chi connectivity index (χ3v) is 3.79. The lowest BCUT2D eigenvalue weighted by atomic mass is 10.0. The van der Waals surface area contributed by atoms with E-state index in [4.69, 9.17) is 5.73 Å². The predicted octanol–water partition coefficient (Wildman–Crippen LogP) is 3.78. The normalized spacial score (nSPS) is 10.4. The predicted molar refractivity (Wildman–Crippen MR) is 82.0 cm³/mol. The number of rotatable bonds is 5. The van der Waals surface area contributed by atoms with E-state index in [2.05, 4.69) is 15.9 Å². The van der Waals surface area contributed by atoms with Crippen LogP contribution in [0.2, 0.25) is 0 Å². The Kier molecular flexibility index (Phi) is 4.74. The number of aryl methyl sites for hydroxylation is 1. The van der Waals surface area contributed by atoms with E-state index < -0.39 is 0 Å². The molecule has 0 aromatic heterocycles. The number of ketones is 1. The van der Waals surface area contributed by atoms with Crippen LogP contribution < -0.4 is 5.73 Å². The summed E-state index contributed by atoms with van der Waals surface area (Å²) < 4.78 is 0.996. The van der Waals surface area contributed by atoms with Crippen molar-refractivity contribution in [3.05, 3.63) is 64.1 Å². The number of hydrogen-bond acceptors (Lipinski definition) is 2. The Bertz CT molecular complexity index is 563.